The van der Waals surface area contributed by atoms with Gasteiger partial charge in [-0.2, -0.15) is 0 Å². The van der Waals surface area contributed by atoms with Crippen molar-refractivity contribution in [2.45, 2.75) is 51.6 Å². The average molecular weight is 261 g/mol. The van der Waals surface area contributed by atoms with E-state index in [4.69, 9.17) is 4.74 Å². The second-order valence-electron chi connectivity index (χ2n) is 5.41. The minimum absolute atomic E-state index is 0.322. The molecule has 1 unspecified atom stereocenters. The molecule has 2 heteroatoms. The van der Waals surface area contributed by atoms with Crippen LogP contribution in [0, 0.1) is 0 Å². The van der Waals surface area contributed by atoms with Gasteiger partial charge < -0.3 is 10.1 Å². The van der Waals surface area contributed by atoms with Crippen LogP contribution in [0.5, 0.6) is 0 Å². The minimum Gasteiger partial charge on any atom is -0.372 e. The van der Waals surface area contributed by atoms with Gasteiger partial charge in [0.1, 0.15) is 0 Å². The smallest absolute Gasteiger partial charge is 0.0828 e. The van der Waals surface area contributed by atoms with Crippen LogP contribution >= 0.6 is 0 Å². The summed E-state index contributed by atoms with van der Waals surface area (Å²) in [6.45, 7) is 5.16. The molecule has 1 N–H and O–H groups in total. The minimum atomic E-state index is 0.322. The molecule has 2 nitrogen and oxygen atoms in total. The zero-order valence-corrected chi connectivity index (χ0v) is 12.2. The van der Waals surface area contributed by atoms with Crippen molar-refractivity contribution in [3.63, 3.8) is 0 Å². The van der Waals surface area contributed by atoms with Gasteiger partial charge in [-0.15, -0.1) is 0 Å². The van der Waals surface area contributed by atoms with Gasteiger partial charge in [-0.1, -0.05) is 44.0 Å². The number of unbranched alkanes of at least 4 members (excludes halogenated alkanes) is 2. The monoisotopic (exact) mass is 261 g/mol. The Morgan fingerprint density at radius 1 is 1.21 bits per heavy atom. The van der Waals surface area contributed by atoms with Crippen molar-refractivity contribution in [1.82, 2.24) is 5.32 Å². The molecule has 0 radical (unpaired) electrons. The molecule has 0 spiro atoms. The van der Waals surface area contributed by atoms with E-state index in [1.54, 1.807) is 0 Å². The van der Waals surface area contributed by atoms with Crippen molar-refractivity contribution in [2.24, 2.45) is 0 Å². The van der Waals surface area contributed by atoms with Crippen LogP contribution in [-0.2, 0) is 11.2 Å². The molecular formula is C17H27NO. The number of rotatable bonds is 8. The van der Waals surface area contributed by atoms with Crippen LogP contribution in [0.25, 0.3) is 0 Å². The van der Waals surface area contributed by atoms with Gasteiger partial charge in [0.25, 0.3) is 0 Å². The highest BCUT2D eigenvalue weighted by Gasteiger charge is 2.19. The van der Waals surface area contributed by atoms with Crippen molar-refractivity contribution in [1.29, 1.82) is 0 Å². The van der Waals surface area contributed by atoms with Gasteiger partial charge in [0.2, 0.25) is 0 Å². The molecule has 0 aromatic heterocycles. The van der Waals surface area contributed by atoms with Crippen LogP contribution in [-0.4, -0.2) is 19.7 Å². The van der Waals surface area contributed by atoms with Gasteiger partial charge in [-0.3, -0.25) is 0 Å². The zero-order chi connectivity index (χ0) is 13.3. The highest BCUT2D eigenvalue weighted by Crippen LogP contribution is 2.31. The summed E-state index contributed by atoms with van der Waals surface area (Å²) in [5, 5.41) is 3.46. The van der Waals surface area contributed by atoms with Gasteiger partial charge in [0, 0.05) is 6.54 Å². The van der Waals surface area contributed by atoms with Crippen LogP contribution in [0.15, 0.2) is 24.3 Å². The number of benzene rings is 1. The normalized spacial score (nSPS) is 18.3. The molecule has 1 aromatic carbocycles. The summed E-state index contributed by atoms with van der Waals surface area (Å²) >= 11 is 0. The Hall–Kier alpha value is -0.860. The van der Waals surface area contributed by atoms with E-state index in [9.17, 15) is 0 Å². The number of aryl methyl sites for hydroxylation is 1. The third-order valence-corrected chi connectivity index (χ3v) is 3.87. The Kier molecular flexibility index (Phi) is 6.38. The van der Waals surface area contributed by atoms with Crippen LogP contribution in [0.1, 0.15) is 56.3 Å². The highest BCUT2D eigenvalue weighted by atomic mass is 16.5. The molecule has 0 amide bonds. The standard InChI is InChI=1S/C17H27NO/c1-2-3-6-12-18-13-14-19-17-11-7-9-15-8-4-5-10-16(15)17/h4-5,8,10,17-18H,2-3,6-7,9,11-14H2,1H3. The van der Waals surface area contributed by atoms with Gasteiger partial charge in [0.05, 0.1) is 12.7 Å². The van der Waals surface area contributed by atoms with Gasteiger partial charge in [-0.25, -0.2) is 0 Å². The molecule has 1 aliphatic rings. The number of ether oxygens (including phenoxy) is 1. The number of hydrogen-bond acceptors (Lipinski definition) is 2. The second kappa shape index (κ2) is 8.34. The summed E-state index contributed by atoms with van der Waals surface area (Å²) < 4.78 is 6.05. The predicted octanol–water partition coefficient (Wildman–Crippen LogP) is 3.86. The van der Waals surface area contributed by atoms with E-state index in [2.05, 4.69) is 36.5 Å². The first-order valence-electron chi connectivity index (χ1n) is 7.82. The summed E-state index contributed by atoms with van der Waals surface area (Å²) in [5.74, 6) is 0. The zero-order valence-electron chi connectivity index (χ0n) is 12.2. The molecule has 0 heterocycles. The molecule has 1 aliphatic carbocycles. The molecule has 0 saturated heterocycles. The van der Waals surface area contributed by atoms with E-state index in [-0.39, 0.29) is 0 Å². The largest absolute Gasteiger partial charge is 0.372 e. The average Bonchev–Trinajstić information content (AvgIpc) is 2.46. The van der Waals surface area contributed by atoms with Crippen molar-refractivity contribution in [2.75, 3.05) is 19.7 Å². The first-order chi connectivity index (χ1) is 9.42. The van der Waals surface area contributed by atoms with Crippen LogP contribution in [0.3, 0.4) is 0 Å². The first-order valence-corrected chi connectivity index (χ1v) is 7.82. The fraction of sp³-hybridized carbons (Fsp3) is 0.647. The van der Waals surface area contributed by atoms with Crippen molar-refractivity contribution in [3.05, 3.63) is 35.4 Å². The maximum Gasteiger partial charge on any atom is 0.0828 e. The van der Waals surface area contributed by atoms with E-state index in [1.165, 1.54) is 49.7 Å². The Bertz CT molecular complexity index is 364. The fourth-order valence-corrected chi connectivity index (χ4v) is 2.78. The number of fused-ring (bicyclic) bond motifs is 1. The molecule has 2 rings (SSSR count). The molecule has 106 valence electrons. The molecular weight excluding hydrogens is 234 g/mol. The van der Waals surface area contributed by atoms with Crippen molar-refractivity contribution in [3.8, 4) is 0 Å². The van der Waals surface area contributed by atoms with Crippen LogP contribution in [0.2, 0.25) is 0 Å². The molecule has 0 saturated carbocycles. The summed E-state index contributed by atoms with van der Waals surface area (Å²) in [4.78, 5) is 0. The third kappa shape index (κ3) is 4.63. The van der Waals surface area contributed by atoms with Crippen LogP contribution in [0.4, 0.5) is 0 Å². The first kappa shape index (κ1) is 14.5. The highest BCUT2D eigenvalue weighted by molar-refractivity contribution is 5.31. The summed E-state index contributed by atoms with van der Waals surface area (Å²) in [5.41, 5.74) is 2.90. The Morgan fingerprint density at radius 2 is 2.11 bits per heavy atom. The van der Waals surface area contributed by atoms with E-state index in [1.807, 2.05) is 0 Å². The van der Waals surface area contributed by atoms with Crippen molar-refractivity contribution < 1.29 is 4.74 Å². The van der Waals surface area contributed by atoms with Gasteiger partial charge in [0.15, 0.2) is 0 Å². The Labute approximate surface area is 117 Å². The number of nitrogens with one attached hydrogen (secondary N) is 1. The van der Waals surface area contributed by atoms with E-state index >= 15 is 0 Å². The lowest BCUT2D eigenvalue weighted by Crippen LogP contribution is -2.23. The molecule has 19 heavy (non-hydrogen) atoms. The summed E-state index contributed by atoms with van der Waals surface area (Å²) in [6.07, 6.45) is 7.86. The third-order valence-electron chi connectivity index (χ3n) is 3.87. The lowest BCUT2D eigenvalue weighted by molar-refractivity contribution is 0.0427. The Morgan fingerprint density at radius 3 is 3.00 bits per heavy atom. The van der Waals surface area contributed by atoms with Gasteiger partial charge >= 0.3 is 0 Å². The van der Waals surface area contributed by atoms with Crippen molar-refractivity contribution >= 4 is 0 Å². The molecule has 0 bridgehead atoms. The fourth-order valence-electron chi connectivity index (χ4n) is 2.78. The lowest BCUT2D eigenvalue weighted by Gasteiger charge is -2.25. The van der Waals surface area contributed by atoms with E-state index in [0.717, 1.165) is 19.7 Å². The SMILES string of the molecule is CCCCCNCCOC1CCCc2ccccc21. The van der Waals surface area contributed by atoms with Crippen LogP contribution < -0.4 is 5.32 Å². The quantitative estimate of drug-likeness (QED) is 0.717. The predicted molar refractivity (Wildman–Crippen MR) is 80.5 cm³/mol. The van der Waals surface area contributed by atoms with E-state index < -0.39 is 0 Å². The molecule has 0 fully saturated rings. The number of hydrogen-bond donors (Lipinski definition) is 1. The van der Waals surface area contributed by atoms with Gasteiger partial charge in [-0.05, 0) is 43.4 Å². The summed E-state index contributed by atoms with van der Waals surface area (Å²) in [7, 11) is 0. The second-order valence-corrected chi connectivity index (χ2v) is 5.41. The molecule has 1 atom stereocenters. The maximum atomic E-state index is 6.05. The Balaban J connectivity index is 1.67. The maximum absolute atomic E-state index is 6.05. The summed E-state index contributed by atoms with van der Waals surface area (Å²) in [6, 6.07) is 8.74. The molecule has 0 aliphatic heterocycles. The topological polar surface area (TPSA) is 21.3 Å². The lowest BCUT2D eigenvalue weighted by atomic mass is 9.89. The van der Waals surface area contributed by atoms with E-state index in [0.29, 0.717) is 6.10 Å². The molecule has 1 aromatic rings.